The Hall–Kier alpha value is -0.120. The fourth-order valence-corrected chi connectivity index (χ4v) is 1.13. The van der Waals surface area contributed by atoms with E-state index in [4.69, 9.17) is 14.2 Å². The van der Waals surface area contributed by atoms with E-state index in [0.717, 1.165) is 0 Å². The van der Waals surface area contributed by atoms with Gasteiger partial charge >= 0.3 is 0 Å². The molecule has 0 N–H and O–H groups in total. The predicted octanol–water partition coefficient (Wildman–Crippen LogP) is 2.88. The second kappa shape index (κ2) is 8.97. The zero-order chi connectivity index (χ0) is 12.6. The van der Waals surface area contributed by atoms with Gasteiger partial charge in [0.25, 0.3) is 0 Å². The molecule has 0 saturated heterocycles. The molecule has 0 aromatic heterocycles. The van der Waals surface area contributed by atoms with Gasteiger partial charge < -0.3 is 14.2 Å². The quantitative estimate of drug-likeness (QED) is 0.612. The molecule has 0 saturated carbocycles. The van der Waals surface area contributed by atoms with Gasteiger partial charge in [-0.05, 0) is 41.5 Å². The van der Waals surface area contributed by atoms with Crippen LogP contribution in [0.5, 0.6) is 0 Å². The average molecular weight is 232 g/mol. The second-order valence-corrected chi connectivity index (χ2v) is 5.01. The van der Waals surface area contributed by atoms with E-state index in [1.165, 1.54) is 0 Å². The van der Waals surface area contributed by atoms with Crippen molar-refractivity contribution in [3.63, 3.8) is 0 Å². The number of rotatable bonds is 9. The SMILES string of the molecule is CC(C)OCC(COC(C)C)COC(C)C. The summed E-state index contributed by atoms with van der Waals surface area (Å²) in [6.07, 6.45) is 0.793. The Morgan fingerprint density at radius 3 is 1.00 bits per heavy atom. The molecule has 0 aliphatic rings. The van der Waals surface area contributed by atoms with Gasteiger partial charge in [-0.3, -0.25) is 0 Å². The summed E-state index contributed by atoms with van der Waals surface area (Å²) in [5, 5.41) is 0. The lowest BCUT2D eigenvalue weighted by molar-refractivity contribution is -0.0449. The van der Waals surface area contributed by atoms with Crippen molar-refractivity contribution in [2.45, 2.75) is 59.9 Å². The number of ether oxygens (including phenoxy) is 3. The first-order valence-electron chi connectivity index (χ1n) is 6.26. The lowest BCUT2D eigenvalue weighted by Crippen LogP contribution is -2.26. The van der Waals surface area contributed by atoms with E-state index in [1.807, 2.05) is 41.5 Å². The Morgan fingerprint density at radius 1 is 0.562 bits per heavy atom. The van der Waals surface area contributed by atoms with Crippen LogP contribution in [0.25, 0.3) is 0 Å². The highest BCUT2D eigenvalue weighted by atomic mass is 16.5. The van der Waals surface area contributed by atoms with E-state index in [0.29, 0.717) is 25.7 Å². The molecule has 0 heterocycles. The van der Waals surface area contributed by atoms with Crippen molar-refractivity contribution >= 4 is 0 Å². The highest BCUT2D eigenvalue weighted by Gasteiger charge is 2.12. The Morgan fingerprint density at radius 2 is 0.812 bits per heavy atom. The highest BCUT2D eigenvalue weighted by Crippen LogP contribution is 2.06. The molecule has 3 heteroatoms. The van der Waals surface area contributed by atoms with Gasteiger partial charge in [-0.2, -0.15) is 0 Å². The molecule has 16 heavy (non-hydrogen) atoms. The summed E-state index contributed by atoms with van der Waals surface area (Å²) in [7, 11) is 0. The maximum absolute atomic E-state index is 5.61. The third-order valence-electron chi connectivity index (χ3n) is 2.00. The van der Waals surface area contributed by atoms with Crippen LogP contribution in [-0.4, -0.2) is 38.1 Å². The van der Waals surface area contributed by atoms with Crippen molar-refractivity contribution in [1.82, 2.24) is 0 Å². The Bertz CT molecular complexity index is 127. The maximum Gasteiger partial charge on any atom is 0.0541 e. The van der Waals surface area contributed by atoms with Crippen LogP contribution in [0.1, 0.15) is 41.5 Å². The van der Waals surface area contributed by atoms with E-state index in [1.54, 1.807) is 0 Å². The standard InChI is InChI=1S/C13H28O3/c1-10(2)14-7-13(8-15-11(3)4)9-16-12(5)6/h10-13H,7-9H2,1-6H3. The van der Waals surface area contributed by atoms with Gasteiger partial charge in [-0.25, -0.2) is 0 Å². The molecule has 0 spiro atoms. The fourth-order valence-electron chi connectivity index (χ4n) is 1.13. The summed E-state index contributed by atoms with van der Waals surface area (Å²) in [6.45, 7) is 14.4. The van der Waals surface area contributed by atoms with Crippen LogP contribution in [0, 0.1) is 5.92 Å². The van der Waals surface area contributed by atoms with Gasteiger partial charge in [0.1, 0.15) is 0 Å². The molecule has 0 aliphatic carbocycles. The minimum absolute atomic E-state index is 0.264. The van der Waals surface area contributed by atoms with Crippen molar-refractivity contribution in [3.8, 4) is 0 Å². The van der Waals surface area contributed by atoms with E-state index in [2.05, 4.69) is 0 Å². The van der Waals surface area contributed by atoms with Crippen LogP contribution in [0.4, 0.5) is 0 Å². The molecule has 0 aromatic rings. The first-order chi connectivity index (χ1) is 7.41. The first-order valence-corrected chi connectivity index (χ1v) is 6.26. The van der Waals surface area contributed by atoms with Crippen LogP contribution >= 0.6 is 0 Å². The van der Waals surface area contributed by atoms with Crippen LogP contribution < -0.4 is 0 Å². The van der Waals surface area contributed by atoms with Gasteiger partial charge in [0.15, 0.2) is 0 Å². The summed E-state index contributed by atoms with van der Waals surface area (Å²) in [6, 6.07) is 0. The summed E-state index contributed by atoms with van der Waals surface area (Å²) in [4.78, 5) is 0. The summed E-state index contributed by atoms with van der Waals surface area (Å²) >= 11 is 0. The van der Waals surface area contributed by atoms with Crippen LogP contribution in [-0.2, 0) is 14.2 Å². The van der Waals surface area contributed by atoms with Crippen molar-refractivity contribution in [1.29, 1.82) is 0 Å². The Labute approximate surface area is 100 Å². The van der Waals surface area contributed by atoms with E-state index >= 15 is 0 Å². The zero-order valence-electron chi connectivity index (χ0n) is 11.7. The molecule has 98 valence electrons. The second-order valence-electron chi connectivity index (χ2n) is 5.01. The smallest absolute Gasteiger partial charge is 0.0541 e. The topological polar surface area (TPSA) is 27.7 Å². The monoisotopic (exact) mass is 232 g/mol. The van der Waals surface area contributed by atoms with E-state index in [-0.39, 0.29) is 18.3 Å². The lowest BCUT2D eigenvalue weighted by atomic mass is 10.2. The summed E-state index contributed by atoms with van der Waals surface area (Å²) in [5.41, 5.74) is 0. The molecule has 0 rings (SSSR count). The third kappa shape index (κ3) is 10.4. The molecule has 0 atom stereocenters. The van der Waals surface area contributed by atoms with Crippen molar-refractivity contribution in [2.24, 2.45) is 5.92 Å². The molecule has 0 aliphatic heterocycles. The Balaban J connectivity index is 3.85. The molecule has 0 bridgehead atoms. The van der Waals surface area contributed by atoms with Crippen LogP contribution in [0.3, 0.4) is 0 Å². The highest BCUT2D eigenvalue weighted by molar-refractivity contribution is 4.58. The van der Waals surface area contributed by atoms with Crippen LogP contribution in [0.15, 0.2) is 0 Å². The summed E-state index contributed by atoms with van der Waals surface area (Å²) in [5.74, 6) is 0.326. The third-order valence-corrected chi connectivity index (χ3v) is 2.00. The van der Waals surface area contributed by atoms with Crippen LogP contribution in [0.2, 0.25) is 0 Å². The van der Waals surface area contributed by atoms with Gasteiger partial charge in [0.05, 0.1) is 38.1 Å². The molecule has 3 nitrogen and oxygen atoms in total. The van der Waals surface area contributed by atoms with Crippen molar-refractivity contribution < 1.29 is 14.2 Å². The average Bonchev–Trinajstić information content (AvgIpc) is 2.15. The van der Waals surface area contributed by atoms with Crippen molar-refractivity contribution in [2.75, 3.05) is 19.8 Å². The first kappa shape index (κ1) is 15.9. The van der Waals surface area contributed by atoms with Gasteiger partial charge in [-0.1, -0.05) is 0 Å². The molecular weight excluding hydrogens is 204 g/mol. The van der Waals surface area contributed by atoms with Gasteiger partial charge in [0.2, 0.25) is 0 Å². The zero-order valence-corrected chi connectivity index (χ0v) is 11.7. The predicted molar refractivity (Wildman–Crippen MR) is 66.8 cm³/mol. The summed E-state index contributed by atoms with van der Waals surface area (Å²) < 4.78 is 16.8. The largest absolute Gasteiger partial charge is 0.378 e. The van der Waals surface area contributed by atoms with Gasteiger partial charge in [-0.15, -0.1) is 0 Å². The minimum Gasteiger partial charge on any atom is -0.378 e. The normalized spacial score (nSPS) is 12.4. The van der Waals surface area contributed by atoms with E-state index in [9.17, 15) is 0 Å². The van der Waals surface area contributed by atoms with E-state index < -0.39 is 0 Å². The molecule has 0 aromatic carbocycles. The minimum atomic E-state index is 0.264. The molecule has 0 fully saturated rings. The lowest BCUT2D eigenvalue weighted by Gasteiger charge is -2.21. The number of hydrogen-bond donors (Lipinski definition) is 0. The van der Waals surface area contributed by atoms with Gasteiger partial charge in [0, 0.05) is 5.92 Å². The molecule has 0 radical (unpaired) electrons. The number of hydrogen-bond acceptors (Lipinski definition) is 3. The molecule has 0 amide bonds. The van der Waals surface area contributed by atoms with Crippen molar-refractivity contribution in [3.05, 3.63) is 0 Å². The Kier molecular flexibility index (Phi) is 8.90. The maximum atomic E-state index is 5.61. The molecular formula is C13H28O3. The fraction of sp³-hybridized carbons (Fsp3) is 1.00. The molecule has 0 unspecified atom stereocenters.